The highest BCUT2D eigenvalue weighted by atomic mass is 16.5. The quantitative estimate of drug-likeness (QED) is 0.824. The van der Waals surface area contributed by atoms with E-state index < -0.39 is 0 Å². The Morgan fingerprint density at radius 1 is 1.28 bits per heavy atom. The molecular formula is C14H26N2O2. The van der Waals surface area contributed by atoms with Gasteiger partial charge in [0.1, 0.15) is 6.10 Å². The Balaban J connectivity index is 1.69. The van der Waals surface area contributed by atoms with Gasteiger partial charge in [0.15, 0.2) is 0 Å². The summed E-state index contributed by atoms with van der Waals surface area (Å²) in [6.45, 7) is 6.10. The third-order valence-corrected chi connectivity index (χ3v) is 4.08. The zero-order valence-electron chi connectivity index (χ0n) is 11.5. The van der Waals surface area contributed by atoms with Crippen LogP contribution >= 0.6 is 0 Å². The lowest BCUT2D eigenvalue weighted by atomic mass is 9.90. The molecule has 0 spiro atoms. The average Bonchev–Trinajstić information content (AvgIpc) is 2.46. The van der Waals surface area contributed by atoms with Gasteiger partial charge in [0, 0.05) is 26.2 Å². The first kappa shape index (κ1) is 13.8. The van der Waals surface area contributed by atoms with E-state index in [1.54, 1.807) is 0 Å². The molecule has 1 atom stereocenters. The Labute approximate surface area is 110 Å². The Bertz CT molecular complexity index is 259. The van der Waals surface area contributed by atoms with Crippen LogP contribution in [0.15, 0.2) is 0 Å². The van der Waals surface area contributed by atoms with Crippen molar-refractivity contribution >= 4 is 5.91 Å². The summed E-state index contributed by atoms with van der Waals surface area (Å²) in [6, 6.07) is 0. The first-order valence-electron chi connectivity index (χ1n) is 7.38. The van der Waals surface area contributed by atoms with Gasteiger partial charge in [0.25, 0.3) is 5.91 Å². The minimum Gasteiger partial charge on any atom is -0.368 e. The Morgan fingerprint density at radius 2 is 1.94 bits per heavy atom. The van der Waals surface area contributed by atoms with Gasteiger partial charge in [-0.05, 0) is 25.7 Å². The molecule has 0 bridgehead atoms. The molecule has 1 aliphatic heterocycles. The fourth-order valence-electron chi connectivity index (χ4n) is 2.85. The van der Waals surface area contributed by atoms with Crippen molar-refractivity contribution in [3.05, 3.63) is 0 Å². The summed E-state index contributed by atoms with van der Waals surface area (Å²) in [6.07, 6.45) is 6.29. The van der Waals surface area contributed by atoms with Gasteiger partial charge in [-0.25, -0.2) is 0 Å². The highest BCUT2D eigenvalue weighted by molar-refractivity contribution is 5.80. The summed E-state index contributed by atoms with van der Waals surface area (Å²) >= 11 is 0. The minimum atomic E-state index is -0.273. The first-order valence-corrected chi connectivity index (χ1v) is 7.38. The monoisotopic (exact) mass is 254 g/mol. The molecule has 1 unspecified atom stereocenters. The van der Waals surface area contributed by atoms with Crippen molar-refractivity contribution in [1.29, 1.82) is 0 Å². The van der Waals surface area contributed by atoms with Crippen molar-refractivity contribution in [2.45, 2.75) is 45.1 Å². The second-order valence-electron chi connectivity index (χ2n) is 5.55. The average molecular weight is 254 g/mol. The zero-order chi connectivity index (χ0) is 12.8. The molecule has 0 aromatic heterocycles. The van der Waals surface area contributed by atoms with Gasteiger partial charge < -0.3 is 15.0 Å². The van der Waals surface area contributed by atoms with Crippen LogP contribution in [0.3, 0.4) is 0 Å². The molecule has 1 N–H and O–H groups in total. The van der Waals surface area contributed by atoms with Crippen molar-refractivity contribution < 1.29 is 9.53 Å². The lowest BCUT2D eigenvalue weighted by Gasteiger charge is -2.30. The molecule has 1 heterocycles. The summed E-state index contributed by atoms with van der Waals surface area (Å²) in [5, 5.41) is 3.26. The third kappa shape index (κ3) is 3.95. The van der Waals surface area contributed by atoms with Crippen LogP contribution in [0, 0.1) is 5.92 Å². The number of nitrogens with one attached hydrogen (secondary N) is 1. The van der Waals surface area contributed by atoms with E-state index in [-0.39, 0.29) is 12.0 Å². The van der Waals surface area contributed by atoms with E-state index >= 15 is 0 Å². The number of carbonyl (C=O) groups excluding carboxylic acids is 1. The minimum absolute atomic E-state index is 0.160. The van der Waals surface area contributed by atoms with Crippen molar-refractivity contribution in [2.75, 3.05) is 32.8 Å². The number of amides is 1. The molecule has 1 amide bonds. The van der Waals surface area contributed by atoms with Crippen LogP contribution in [0.5, 0.6) is 0 Å². The number of carbonyl (C=O) groups is 1. The van der Waals surface area contributed by atoms with Gasteiger partial charge in [0.05, 0.1) is 6.61 Å². The highest BCUT2D eigenvalue weighted by Crippen LogP contribution is 2.24. The molecular weight excluding hydrogens is 228 g/mol. The molecule has 1 aliphatic carbocycles. The second kappa shape index (κ2) is 7.10. The number of hydrogen-bond acceptors (Lipinski definition) is 3. The maximum Gasteiger partial charge on any atom is 0.251 e. The van der Waals surface area contributed by atoms with Crippen LogP contribution in [0.1, 0.15) is 39.0 Å². The number of ether oxygens (including phenoxy) is 1. The predicted molar refractivity (Wildman–Crippen MR) is 71.4 cm³/mol. The van der Waals surface area contributed by atoms with Crippen LogP contribution in [-0.4, -0.2) is 49.7 Å². The molecule has 4 heteroatoms. The van der Waals surface area contributed by atoms with E-state index in [1.165, 1.54) is 32.1 Å². The van der Waals surface area contributed by atoms with E-state index in [0.29, 0.717) is 5.92 Å². The number of hydrogen-bond donors (Lipinski definition) is 1. The summed E-state index contributed by atoms with van der Waals surface area (Å²) in [7, 11) is 0. The van der Waals surface area contributed by atoms with E-state index in [1.807, 2.05) is 11.8 Å². The molecule has 1 saturated carbocycles. The molecule has 104 valence electrons. The van der Waals surface area contributed by atoms with Gasteiger partial charge in [-0.2, -0.15) is 0 Å². The summed E-state index contributed by atoms with van der Waals surface area (Å²) in [5.41, 5.74) is 0. The van der Waals surface area contributed by atoms with Gasteiger partial charge in [0.2, 0.25) is 0 Å². The van der Waals surface area contributed by atoms with Crippen LogP contribution in [0.4, 0.5) is 0 Å². The van der Waals surface area contributed by atoms with Crippen molar-refractivity contribution in [2.24, 2.45) is 5.92 Å². The van der Waals surface area contributed by atoms with Crippen LogP contribution < -0.4 is 5.32 Å². The van der Waals surface area contributed by atoms with E-state index in [4.69, 9.17) is 4.74 Å². The molecule has 2 aliphatic rings. The number of nitrogens with zero attached hydrogens (tertiary/aromatic N) is 1. The fourth-order valence-corrected chi connectivity index (χ4v) is 2.85. The third-order valence-electron chi connectivity index (χ3n) is 4.08. The van der Waals surface area contributed by atoms with Gasteiger partial charge in [-0.3, -0.25) is 4.79 Å². The Kier molecular flexibility index (Phi) is 5.45. The summed E-state index contributed by atoms with van der Waals surface area (Å²) in [4.78, 5) is 14.1. The normalized spacial score (nSPS) is 23.9. The summed E-state index contributed by atoms with van der Waals surface area (Å²) < 4.78 is 5.78. The predicted octanol–water partition coefficient (Wildman–Crippen LogP) is 1.40. The van der Waals surface area contributed by atoms with Gasteiger partial charge in [-0.15, -0.1) is 0 Å². The zero-order valence-corrected chi connectivity index (χ0v) is 11.5. The molecule has 0 aromatic rings. The molecule has 4 nitrogen and oxygen atoms in total. The largest absolute Gasteiger partial charge is 0.368 e. The van der Waals surface area contributed by atoms with Crippen molar-refractivity contribution in [3.8, 4) is 0 Å². The SMILES string of the molecule is CC(OCC1CCCCC1)C(=O)N1CCNCC1. The van der Waals surface area contributed by atoms with E-state index in [0.717, 1.165) is 32.8 Å². The smallest absolute Gasteiger partial charge is 0.251 e. The Hall–Kier alpha value is -0.610. The molecule has 1 saturated heterocycles. The number of piperazine rings is 1. The van der Waals surface area contributed by atoms with Crippen molar-refractivity contribution in [1.82, 2.24) is 10.2 Å². The maximum atomic E-state index is 12.1. The van der Waals surface area contributed by atoms with Crippen molar-refractivity contribution in [3.63, 3.8) is 0 Å². The molecule has 2 fully saturated rings. The van der Waals surface area contributed by atoms with Gasteiger partial charge >= 0.3 is 0 Å². The summed E-state index contributed by atoms with van der Waals surface area (Å²) in [5.74, 6) is 0.837. The molecule has 0 radical (unpaired) electrons. The highest BCUT2D eigenvalue weighted by Gasteiger charge is 2.23. The number of rotatable bonds is 4. The van der Waals surface area contributed by atoms with Gasteiger partial charge in [-0.1, -0.05) is 19.3 Å². The van der Waals surface area contributed by atoms with Crippen LogP contribution in [-0.2, 0) is 9.53 Å². The van der Waals surface area contributed by atoms with Crippen LogP contribution in [0.2, 0.25) is 0 Å². The first-order chi connectivity index (χ1) is 8.77. The fraction of sp³-hybridized carbons (Fsp3) is 0.929. The van der Waals surface area contributed by atoms with E-state index in [2.05, 4.69) is 5.32 Å². The molecule has 0 aromatic carbocycles. The topological polar surface area (TPSA) is 41.6 Å². The van der Waals surface area contributed by atoms with Crippen LogP contribution in [0.25, 0.3) is 0 Å². The lowest BCUT2D eigenvalue weighted by Crippen LogP contribution is -2.49. The molecule has 18 heavy (non-hydrogen) atoms. The maximum absolute atomic E-state index is 12.1. The Morgan fingerprint density at radius 3 is 2.61 bits per heavy atom. The van der Waals surface area contributed by atoms with E-state index in [9.17, 15) is 4.79 Å². The standard InChI is InChI=1S/C14H26N2O2/c1-12(14(17)16-9-7-15-8-10-16)18-11-13-5-3-2-4-6-13/h12-13,15H,2-11H2,1H3. The second-order valence-corrected chi connectivity index (χ2v) is 5.55. The molecule has 2 rings (SSSR count). The lowest BCUT2D eigenvalue weighted by molar-refractivity contribution is -0.144.